The quantitative estimate of drug-likeness (QED) is 0.173. The van der Waals surface area contributed by atoms with Crippen molar-refractivity contribution in [2.45, 2.75) is 18.7 Å². The predicted molar refractivity (Wildman–Crippen MR) is 90.7 cm³/mol. The average Bonchev–Trinajstić information content (AvgIpc) is 2.17. The molecular weight excluding hydrogens is 481 g/mol. The standard InChI is InChI=1S/C3H12NO9P3.C3H10O6P2/c5-14(6,7)1-4(2-15(8,9)10)3-16(11,12)13;1-3(2,10(4,5)6)11(7,8)9/h1-3H2,(H2,5,6,7)(H2,8,9,10)(H2,11,12,13);1-2H3,(H2,4,5,6)(H2,7,8,9). The van der Waals surface area contributed by atoms with Crippen molar-refractivity contribution in [1.82, 2.24) is 4.90 Å². The highest BCUT2D eigenvalue weighted by Crippen LogP contribution is 2.68. The summed E-state index contributed by atoms with van der Waals surface area (Å²) in [5.41, 5.74) is 0. The molecule has 0 spiro atoms. The van der Waals surface area contributed by atoms with Crippen molar-refractivity contribution in [3.63, 3.8) is 0 Å². The largest absolute Gasteiger partial charge is 0.343 e. The van der Waals surface area contributed by atoms with E-state index < -0.39 is 61.7 Å². The van der Waals surface area contributed by atoms with Crippen molar-refractivity contribution >= 4 is 38.0 Å². The summed E-state index contributed by atoms with van der Waals surface area (Å²) in [4.78, 5) is 83.3. The van der Waals surface area contributed by atoms with Gasteiger partial charge >= 0.3 is 38.0 Å². The number of rotatable bonds is 8. The smallest absolute Gasteiger partial charge is 0.324 e. The minimum absolute atomic E-state index is 0.336. The van der Waals surface area contributed by atoms with E-state index >= 15 is 0 Å². The molecule has 166 valence electrons. The van der Waals surface area contributed by atoms with E-state index in [4.69, 9.17) is 48.9 Å². The van der Waals surface area contributed by atoms with Crippen LogP contribution in [0.25, 0.3) is 0 Å². The normalized spacial score (nSPS) is 14.7. The third kappa shape index (κ3) is 14.4. The van der Waals surface area contributed by atoms with Crippen LogP contribution in [-0.4, -0.2) is 77.6 Å². The van der Waals surface area contributed by atoms with Gasteiger partial charge in [-0.1, -0.05) is 0 Å². The Balaban J connectivity index is 0. The van der Waals surface area contributed by atoms with Crippen molar-refractivity contribution in [3.8, 4) is 0 Å². The van der Waals surface area contributed by atoms with Gasteiger partial charge in [-0.15, -0.1) is 0 Å². The Kier molecular flexibility index (Phi) is 10.7. The molecule has 21 heteroatoms. The van der Waals surface area contributed by atoms with Gasteiger partial charge in [0.25, 0.3) is 0 Å². The van der Waals surface area contributed by atoms with Crippen LogP contribution < -0.4 is 0 Å². The van der Waals surface area contributed by atoms with Crippen LogP contribution >= 0.6 is 38.0 Å². The fourth-order valence-corrected chi connectivity index (χ4v) is 5.08. The number of hydrogen-bond acceptors (Lipinski definition) is 6. The number of hydrogen-bond donors (Lipinski definition) is 10. The SMILES string of the molecule is CC(C)(P(=O)(O)O)P(=O)(O)O.O=P(O)(O)CN(CP(=O)(O)O)CP(=O)(O)O. The molecule has 0 heterocycles. The first-order valence-corrected chi connectivity index (χ1v) is 14.9. The zero-order valence-electron chi connectivity index (χ0n) is 13.8. The maximum absolute atomic E-state index is 10.6. The third-order valence-electron chi connectivity index (χ3n) is 2.58. The van der Waals surface area contributed by atoms with Crippen molar-refractivity contribution in [2.24, 2.45) is 0 Å². The second-order valence-corrected chi connectivity index (χ2v) is 15.3. The first-order chi connectivity index (χ1) is 11.3. The highest BCUT2D eigenvalue weighted by Gasteiger charge is 2.52. The lowest BCUT2D eigenvalue weighted by Crippen LogP contribution is -2.27. The van der Waals surface area contributed by atoms with Crippen LogP contribution in [0.4, 0.5) is 0 Å². The van der Waals surface area contributed by atoms with Crippen LogP contribution in [0.2, 0.25) is 0 Å². The zero-order valence-corrected chi connectivity index (χ0v) is 18.3. The summed E-state index contributed by atoms with van der Waals surface area (Å²) in [6.45, 7) is 1.66. The molecule has 0 saturated heterocycles. The lowest BCUT2D eigenvalue weighted by molar-refractivity contribution is 0.279. The van der Waals surface area contributed by atoms with Crippen LogP contribution in [0, 0.1) is 0 Å². The highest BCUT2D eigenvalue weighted by molar-refractivity contribution is 7.72. The molecule has 0 radical (unpaired) electrons. The van der Waals surface area contributed by atoms with E-state index in [2.05, 4.69) is 0 Å². The molecule has 16 nitrogen and oxygen atoms in total. The first kappa shape index (κ1) is 29.9. The summed E-state index contributed by atoms with van der Waals surface area (Å²) in [7, 11) is -23.5. The van der Waals surface area contributed by atoms with Gasteiger partial charge in [0, 0.05) is 0 Å². The predicted octanol–water partition coefficient (Wildman–Crippen LogP) is -1.23. The maximum atomic E-state index is 10.6. The zero-order chi connectivity index (χ0) is 22.7. The molecule has 27 heavy (non-hydrogen) atoms. The molecule has 0 aliphatic heterocycles. The van der Waals surface area contributed by atoms with E-state index in [1.807, 2.05) is 0 Å². The van der Waals surface area contributed by atoms with E-state index in [0.29, 0.717) is 4.90 Å². The van der Waals surface area contributed by atoms with Gasteiger partial charge in [0.2, 0.25) is 0 Å². The summed E-state index contributed by atoms with van der Waals surface area (Å²) in [6, 6.07) is 0. The van der Waals surface area contributed by atoms with Crippen LogP contribution in [0.5, 0.6) is 0 Å². The Labute approximate surface area is 153 Å². The van der Waals surface area contributed by atoms with Crippen molar-refractivity contribution in [1.29, 1.82) is 0 Å². The van der Waals surface area contributed by atoms with Gasteiger partial charge < -0.3 is 48.9 Å². The Morgan fingerprint density at radius 3 is 0.815 bits per heavy atom. The van der Waals surface area contributed by atoms with Gasteiger partial charge in [-0.3, -0.25) is 27.7 Å². The molecule has 0 rings (SSSR count). The minimum Gasteiger partial charge on any atom is -0.324 e. The van der Waals surface area contributed by atoms with Gasteiger partial charge in [0.1, 0.15) is 18.9 Å². The molecule has 0 amide bonds. The van der Waals surface area contributed by atoms with Gasteiger partial charge in [-0.05, 0) is 13.8 Å². The van der Waals surface area contributed by atoms with Gasteiger partial charge in [-0.2, -0.15) is 0 Å². The Bertz CT molecular complexity index is 636. The van der Waals surface area contributed by atoms with Gasteiger partial charge in [0.05, 0.1) is 0 Å². The Morgan fingerprint density at radius 2 is 0.741 bits per heavy atom. The summed E-state index contributed by atoms with van der Waals surface area (Å²) >= 11 is 0. The summed E-state index contributed by atoms with van der Waals surface area (Å²) in [5.74, 6) is 0. The molecule has 0 bridgehead atoms. The van der Waals surface area contributed by atoms with E-state index in [1.165, 1.54) is 0 Å². The third-order valence-corrected chi connectivity index (χ3v) is 9.30. The van der Waals surface area contributed by atoms with Gasteiger partial charge in [0.15, 0.2) is 4.90 Å². The molecule has 0 aromatic heterocycles. The van der Waals surface area contributed by atoms with Crippen LogP contribution in [0.1, 0.15) is 13.8 Å². The van der Waals surface area contributed by atoms with Crippen molar-refractivity contribution in [2.75, 3.05) is 18.9 Å². The molecule has 0 saturated carbocycles. The molecule has 0 unspecified atom stereocenters. The lowest BCUT2D eigenvalue weighted by Gasteiger charge is -2.25. The van der Waals surface area contributed by atoms with Crippen LogP contribution in [0.15, 0.2) is 0 Å². The summed E-state index contributed by atoms with van der Waals surface area (Å²) < 4.78 is 52.7. The molecule has 0 aromatic carbocycles. The summed E-state index contributed by atoms with van der Waals surface area (Å²) in [6.07, 6.45) is -3.41. The fourth-order valence-electron chi connectivity index (χ4n) is 1.09. The maximum Gasteiger partial charge on any atom is 0.343 e. The summed E-state index contributed by atoms with van der Waals surface area (Å²) in [5, 5.41) is 0. The first-order valence-electron chi connectivity index (χ1n) is 6.26. The van der Waals surface area contributed by atoms with E-state index in [1.54, 1.807) is 0 Å². The second-order valence-electron chi connectivity index (χ2n) is 5.67. The molecule has 0 aromatic rings. The average molecular weight is 503 g/mol. The molecular formula is C6H22NO15P5. The van der Waals surface area contributed by atoms with Gasteiger partial charge in [-0.25, -0.2) is 0 Å². The molecule has 0 aliphatic carbocycles. The van der Waals surface area contributed by atoms with E-state index in [-0.39, 0.29) is 0 Å². The lowest BCUT2D eigenvalue weighted by atomic mass is 10.5. The Hall–Kier alpha value is 0.710. The van der Waals surface area contributed by atoms with Crippen molar-refractivity contribution < 1.29 is 71.8 Å². The van der Waals surface area contributed by atoms with Crippen LogP contribution in [-0.2, 0) is 22.8 Å². The number of nitrogens with zero attached hydrogens (tertiary/aromatic N) is 1. The molecule has 0 atom stereocenters. The topological polar surface area (TPSA) is 291 Å². The molecule has 10 N–H and O–H groups in total. The second kappa shape index (κ2) is 9.68. The monoisotopic (exact) mass is 503 g/mol. The fraction of sp³-hybridized carbons (Fsp3) is 1.00. The Morgan fingerprint density at radius 1 is 0.556 bits per heavy atom. The molecule has 0 aliphatic rings. The highest BCUT2D eigenvalue weighted by atomic mass is 31.2. The van der Waals surface area contributed by atoms with Crippen LogP contribution in [0.3, 0.4) is 0 Å². The molecule has 0 fully saturated rings. The van der Waals surface area contributed by atoms with Crippen molar-refractivity contribution in [3.05, 3.63) is 0 Å². The van der Waals surface area contributed by atoms with E-state index in [9.17, 15) is 22.8 Å². The van der Waals surface area contributed by atoms with E-state index in [0.717, 1.165) is 13.8 Å². The minimum atomic E-state index is -4.75.